The van der Waals surface area contributed by atoms with Gasteiger partial charge in [0.1, 0.15) is 0 Å². The molecule has 0 aliphatic heterocycles. The van der Waals surface area contributed by atoms with Crippen LogP contribution in [0, 0.1) is 10.1 Å². The van der Waals surface area contributed by atoms with Gasteiger partial charge < -0.3 is 10.3 Å². The Morgan fingerprint density at radius 1 is 1.35 bits per heavy atom. The fraction of sp³-hybridized carbons (Fsp3) is 0.333. The van der Waals surface area contributed by atoms with E-state index in [4.69, 9.17) is 5.73 Å². The molecular formula is C15H19N3O2. The lowest BCUT2D eigenvalue weighted by Gasteiger charge is -2.13. The van der Waals surface area contributed by atoms with Crippen molar-refractivity contribution in [2.24, 2.45) is 5.73 Å². The highest BCUT2D eigenvalue weighted by Gasteiger charge is 2.09. The molecule has 1 aromatic heterocycles. The quantitative estimate of drug-likeness (QED) is 0.649. The summed E-state index contributed by atoms with van der Waals surface area (Å²) in [5, 5.41) is 10.8. The van der Waals surface area contributed by atoms with Crippen LogP contribution in [0.1, 0.15) is 24.6 Å². The predicted octanol–water partition coefficient (Wildman–Crippen LogP) is 2.72. The second kappa shape index (κ2) is 6.34. The van der Waals surface area contributed by atoms with E-state index in [2.05, 4.69) is 11.5 Å². The Balaban J connectivity index is 2.16. The van der Waals surface area contributed by atoms with Gasteiger partial charge in [0.2, 0.25) is 0 Å². The van der Waals surface area contributed by atoms with Crippen molar-refractivity contribution in [2.45, 2.75) is 32.4 Å². The van der Waals surface area contributed by atoms with Crippen molar-refractivity contribution in [3.8, 4) is 0 Å². The van der Waals surface area contributed by atoms with E-state index in [0.29, 0.717) is 6.54 Å². The van der Waals surface area contributed by atoms with Gasteiger partial charge in [0, 0.05) is 43.0 Å². The van der Waals surface area contributed by atoms with E-state index in [1.54, 1.807) is 12.1 Å². The van der Waals surface area contributed by atoms with Crippen LogP contribution in [0.4, 0.5) is 5.69 Å². The van der Waals surface area contributed by atoms with Crippen molar-refractivity contribution < 1.29 is 4.92 Å². The number of non-ortho nitro benzene ring substituents is 1. The minimum Gasteiger partial charge on any atom is -0.347 e. The number of nitrogens with zero attached hydrogens (tertiary/aromatic N) is 2. The molecule has 2 rings (SSSR count). The van der Waals surface area contributed by atoms with Gasteiger partial charge in [-0.25, -0.2) is 0 Å². The van der Waals surface area contributed by atoms with Crippen LogP contribution in [-0.2, 0) is 13.0 Å². The van der Waals surface area contributed by atoms with Crippen LogP contribution in [0.3, 0.4) is 0 Å². The van der Waals surface area contributed by atoms with E-state index in [0.717, 1.165) is 24.1 Å². The Morgan fingerprint density at radius 2 is 2.15 bits per heavy atom. The molecule has 2 aromatic rings. The number of nitro groups is 1. The van der Waals surface area contributed by atoms with E-state index >= 15 is 0 Å². The molecule has 1 atom stereocenters. The zero-order chi connectivity index (χ0) is 14.5. The summed E-state index contributed by atoms with van der Waals surface area (Å²) >= 11 is 0. The number of nitro benzene ring substituents is 1. The lowest BCUT2D eigenvalue weighted by molar-refractivity contribution is -0.384. The topological polar surface area (TPSA) is 74.1 Å². The van der Waals surface area contributed by atoms with Crippen LogP contribution in [0.15, 0.2) is 42.6 Å². The second-order valence-corrected chi connectivity index (χ2v) is 4.93. The maximum absolute atomic E-state index is 10.8. The number of hydrogen-bond acceptors (Lipinski definition) is 3. The summed E-state index contributed by atoms with van der Waals surface area (Å²) in [7, 11) is 0. The van der Waals surface area contributed by atoms with Gasteiger partial charge in [-0.1, -0.05) is 19.1 Å². The van der Waals surface area contributed by atoms with Gasteiger partial charge in [0.15, 0.2) is 0 Å². The van der Waals surface area contributed by atoms with Crippen LogP contribution in [0.5, 0.6) is 0 Å². The molecule has 1 unspecified atom stereocenters. The molecule has 0 radical (unpaired) electrons. The standard InChI is InChI=1S/C15H19N3O2/c1-2-13(16)10-14-7-4-8-17(14)11-12-5-3-6-15(9-12)18(19)20/h3-9,13H,2,10-11,16H2,1H3. The van der Waals surface area contributed by atoms with E-state index in [1.165, 1.54) is 6.07 Å². The highest BCUT2D eigenvalue weighted by molar-refractivity contribution is 5.34. The molecule has 5 heteroatoms. The SMILES string of the molecule is CCC(N)Cc1cccn1Cc1cccc([N+](=O)[O-])c1. The summed E-state index contributed by atoms with van der Waals surface area (Å²) < 4.78 is 2.09. The minimum atomic E-state index is -0.368. The third kappa shape index (κ3) is 3.45. The molecule has 5 nitrogen and oxygen atoms in total. The molecule has 0 amide bonds. The second-order valence-electron chi connectivity index (χ2n) is 4.93. The number of nitrogens with two attached hydrogens (primary N) is 1. The summed E-state index contributed by atoms with van der Waals surface area (Å²) in [4.78, 5) is 10.4. The molecule has 0 bridgehead atoms. The highest BCUT2D eigenvalue weighted by Crippen LogP contribution is 2.16. The van der Waals surface area contributed by atoms with Crippen LogP contribution in [0.25, 0.3) is 0 Å². The van der Waals surface area contributed by atoms with Crippen molar-refractivity contribution >= 4 is 5.69 Å². The van der Waals surface area contributed by atoms with E-state index in [-0.39, 0.29) is 16.7 Å². The van der Waals surface area contributed by atoms with Gasteiger partial charge in [0.25, 0.3) is 5.69 Å². The van der Waals surface area contributed by atoms with Crippen LogP contribution in [-0.4, -0.2) is 15.5 Å². The average Bonchev–Trinajstić information content (AvgIpc) is 2.86. The lowest BCUT2D eigenvalue weighted by Crippen LogP contribution is -2.23. The molecule has 0 fully saturated rings. The first-order valence-electron chi connectivity index (χ1n) is 6.73. The molecular weight excluding hydrogens is 254 g/mol. The third-order valence-corrected chi connectivity index (χ3v) is 3.39. The number of aromatic nitrogens is 1. The van der Waals surface area contributed by atoms with Crippen LogP contribution >= 0.6 is 0 Å². The normalized spacial score (nSPS) is 12.3. The van der Waals surface area contributed by atoms with Gasteiger partial charge in [0.05, 0.1) is 4.92 Å². The molecule has 0 spiro atoms. The number of hydrogen-bond donors (Lipinski definition) is 1. The average molecular weight is 273 g/mol. The predicted molar refractivity (Wildman–Crippen MR) is 78.6 cm³/mol. The maximum Gasteiger partial charge on any atom is 0.269 e. The number of benzene rings is 1. The van der Waals surface area contributed by atoms with Gasteiger partial charge in [-0.15, -0.1) is 0 Å². The zero-order valence-corrected chi connectivity index (χ0v) is 11.5. The van der Waals surface area contributed by atoms with E-state index in [9.17, 15) is 10.1 Å². The number of rotatable bonds is 6. The monoisotopic (exact) mass is 273 g/mol. The first-order chi connectivity index (χ1) is 9.60. The Bertz CT molecular complexity index is 592. The molecule has 0 saturated carbocycles. The Kier molecular flexibility index (Phi) is 4.53. The van der Waals surface area contributed by atoms with E-state index in [1.807, 2.05) is 24.4 Å². The molecule has 0 aliphatic carbocycles. The molecule has 20 heavy (non-hydrogen) atoms. The molecule has 2 N–H and O–H groups in total. The smallest absolute Gasteiger partial charge is 0.269 e. The fourth-order valence-corrected chi connectivity index (χ4v) is 2.17. The first kappa shape index (κ1) is 14.3. The van der Waals surface area contributed by atoms with Crippen molar-refractivity contribution in [3.63, 3.8) is 0 Å². The summed E-state index contributed by atoms with van der Waals surface area (Å²) in [6.45, 7) is 2.69. The largest absolute Gasteiger partial charge is 0.347 e. The van der Waals surface area contributed by atoms with E-state index < -0.39 is 0 Å². The fourth-order valence-electron chi connectivity index (χ4n) is 2.17. The Labute approximate surface area is 118 Å². The summed E-state index contributed by atoms with van der Waals surface area (Å²) in [5.74, 6) is 0. The summed E-state index contributed by atoms with van der Waals surface area (Å²) in [6.07, 6.45) is 3.73. The molecule has 106 valence electrons. The van der Waals surface area contributed by atoms with Crippen molar-refractivity contribution in [1.82, 2.24) is 4.57 Å². The molecule has 0 saturated heterocycles. The van der Waals surface area contributed by atoms with Gasteiger partial charge in [-0.2, -0.15) is 0 Å². The highest BCUT2D eigenvalue weighted by atomic mass is 16.6. The van der Waals surface area contributed by atoms with Gasteiger partial charge in [-0.05, 0) is 24.1 Å². The minimum absolute atomic E-state index is 0.126. The molecule has 0 aliphatic rings. The summed E-state index contributed by atoms with van der Waals surface area (Å²) in [6, 6.07) is 10.9. The Hall–Kier alpha value is -2.14. The lowest BCUT2D eigenvalue weighted by atomic mass is 10.1. The maximum atomic E-state index is 10.8. The third-order valence-electron chi connectivity index (χ3n) is 3.39. The van der Waals surface area contributed by atoms with Crippen molar-refractivity contribution in [3.05, 3.63) is 64.0 Å². The Morgan fingerprint density at radius 3 is 2.85 bits per heavy atom. The molecule has 1 aromatic carbocycles. The first-order valence-corrected chi connectivity index (χ1v) is 6.73. The van der Waals surface area contributed by atoms with Crippen LogP contribution < -0.4 is 5.73 Å². The van der Waals surface area contributed by atoms with Gasteiger partial charge in [-0.3, -0.25) is 10.1 Å². The van der Waals surface area contributed by atoms with Crippen molar-refractivity contribution in [2.75, 3.05) is 0 Å². The summed E-state index contributed by atoms with van der Waals surface area (Å²) in [5.41, 5.74) is 8.19. The molecule has 1 heterocycles. The van der Waals surface area contributed by atoms with Crippen molar-refractivity contribution in [1.29, 1.82) is 0 Å². The zero-order valence-electron chi connectivity index (χ0n) is 11.5. The van der Waals surface area contributed by atoms with Crippen LogP contribution in [0.2, 0.25) is 0 Å². The van der Waals surface area contributed by atoms with Gasteiger partial charge >= 0.3 is 0 Å².